The number of fused-ring (bicyclic) bond motifs is 2. The van der Waals surface area contributed by atoms with E-state index in [4.69, 9.17) is 14.2 Å². The summed E-state index contributed by atoms with van der Waals surface area (Å²) >= 11 is 0. The minimum atomic E-state index is 0.158. The van der Waals surface area contributed by atoms with Crippen LogP contribution < -0.4 is 14.8 Å². The first kappa shape index (κ1) is 16.3. The van der Waals surface area contributed by atoms with E-state index in [0.29, 0.717) is 31.5 Å². The molecule has 1 atom stereocenters. The van der Waals surface area contributed by atoms with Crippen LogP contribution in [0.1, 0.15) is 30.1 Å². The topological polar surface area (TPSA) is 82.8 Å². The molecule has 8 nitrogen and oxygen atoms in total. The molecule has 3 aromatic rings. The maximum atomic E-state index is 5.77. The maximum Gasteiger partial charge on any atom is 0.254 e. The van der Waals surface area contributed by atoms with Crippen molar-refractivity contribution in [3.63, 3.8) is 0 Å². The fourth-order valence-corrected chi connectivity index (χ4v) is 3.50. The van der Waals surface area contributed by atoms with Crippen molar-refractivity contribution >= 4 is 11.6 Å². The normalized spacial score (nSPS) is 17.1. The minimum Gasteiger partial charge on any atom is -0.486 e. The molecule has 1 aliphatic carbocycles. The van der Waals surface area contributed by atoms with E-state index in [1.54, 1.807) is 11.6 Å². The molecule has 0 radical (unpaired) electrons. The van der Waals surface area contributed by atoms with E-state index in [9.17, 15) is 0 Å². The van der Waals surface area contributed by atoms with E-state index in [0.717, 1.165) is 23.0 Å². The Bertz CT molecular complexity index is 969. The molecule has 5 rings (SSSR count). The number of nitrogens with zero attached hydrogens (tertiary/aromatic N) is 4. The van der Waals surface area contributed by atoms with Gasteiger partial charge in [-0.15, -0.1) is 0 Å². The van der Waals surface area contributed by atoms with Crippen LogP contribution in [0.15, 0.2) is 30.6 Å². The van der Waals surface area contributed by atoms with Gasteiger partial charge in [-0.05, 0) is 36.5 Å². The third-order valence-corrected chi connectivity index (χ3v) is 4.92. The lowest BCUT2D eigenvalue weighted by Crippen LogP contribution is -2.18. The second-order valence-electron chi connectivity index (χ2n) is 6.90. The van der Waals surface area contributed by atoms with E-state index < -0.39 is 0 Å². The van der Waals surface area contributed by atoms with Crippen LogP contribution in [-0.2, 0) is 11.3 Å². The van der Waals surface area contributed by atoms with Gasteiger partial charge in [0.1, 0.15) is 25.4 Å². The Morgan fingerprint density at radius 3 is 2.89 bits per heavy atom. The molecular weight excluding hydrogens is 346 g/mol. The number of ether oxygens (including phenoxy) is 3. The zero-order valence-electron chi connectivity index (χ0n) is 15.1. The predicted octanol–water partition coefficient (Wildman–Crippen LogP) is 2.61. The summed E-state index contributed by atoms with van der Waals surface area (Å²) in [7, 11) is 1.66. The molecule has 0 bridgehead atoms. The Kier molecular flexibility index (Phi) is 4.05. The minimum absolute atomic E-state index is 0.158. The Morgan fingerprint density at radius 2 is 2.07 bits per heavy atom. The van der Waals surface area contributed by atoms with Crippen molar-refractivity contribution in [3.8, 4) is 11.5 Å². The summed E-state index contributed by atoms with van der Waals surface area (Å²) in [6.45, 7) is 1.61. The molecule has 1 aliphatic heterocycles. The Labute approximate surface area is 156 Å². The van der Waals surface area contributed by atoms with Crippen LogP contribution in [0.4, 0.5) is 5.82 Å². The van der Waals surface area contributed by atoms with Crippen LogP contribution >= 0.6 is 0 Å². The molecule has 0 saturated heterocycles. The maximum absolute atomic E-state index is 5.77. The molecule has 0 amide bonds. The van der Waals surface area contributed by atoms with Crippen molar-refractivity contribution in [1.82, 2.24) is 19.6 Å². The highest BCUT2D eigenvalue weighted by Gasteiger charge is 2.33. The van der Waals surface area contributed by atoms with Gasteiger partial charge in [0.2, 0.25) is 0 Å². The first-order valence-electron chi connectivity index (χ1n) is 9.16. The second-order valence-corrected chi connectivity index (χ2v) is 6.90. The summed E-state index contributed by atoms with van der Waals surface area (Å²) in [4.78, 5) is 8.70. The molecule has 8 heteroatoms. The van der Waals surface area contributed by atoms with Crippen LogP contribution in [0.25, 0.3) is 5.78 Å². The highest BCUT2D eigenvalue weighted by molar-refractivity contribution is 5.50. The van der Waals surface area contributed by atoms with Crippen LogP contribution in [0, 0.1) is 5.92 Å². The second kappa shape index (κ2) is 6.70. The molecule has 27 heavy (non-hydrogen) atoms. The van der Waals surface area contributed by atoms with Crippen molar-refractivity contribution in [2.24, 2.45) is 5.92 Å². The Balaban J connectivity index is 1.50. The lowest BCUT2D eigenvalue weighted by atomic mass is 10.0. The first-order valence-corrected chi connectivity index (χ1v) is 9.16. The predicted molar refractivity (Wildman–Crippen MR) is 98.0 cm³/mol. The standard InChI is InChI=1S/C19H21N5O3/c1-25-10-14-9-17(24-19(22-14)20-11-21-24)23-18(12-2-3-12)13-4-5-15-16(8-13)27-7-6-26-15/h4-5,8-9,11-12,18,23H,2-3,6-7,10H2,1H3. The number of methoxy groups -OCH3 is 1. The van der Waals surface area contributed by atoms with Crippen molar-refractivity contribution in [3.05, 3.63) is 41.9 Å². The van der Waals surface area contributed by atoms with E-state index in [-0.39, 0.29) is 6.04 Å². The van der Waals surface area contributed by atoms with E-state index in [2.05, 4.69) is 32.5 Å². The number of nitrogens with one attached hydrogen (secondary N) is 1. The molecule has 1 saturated carbocycles. The molecular formula is C19H21N5O3. The molecule has 140 valence electrons. The van der Waals surface area contributed by atoms with Gasteiger partial charge in [-0.1, -0.05) is 6.07 Å². The molecule has 1 N–H and O–H groups in total. The molecule has 2 aromatic heterocycles. The van der Waals surface area contributed by atoms with E-state index in [1.165, 1.54) is 24.7 Å². The molecule has 2 aliphatic rings. The number of rotatable bonds is 6. The third kappa shape index (κ3) is 3.16. The SMILES string of the molecule is COCc1cc(NC(c2ccc3c(c2)OCCO3)C2CC2)n2ncnc2n1. The van der Waals surface area contributed by atoms with Gasteiger partial charge >= 0.3 is 0 Å². The monoisotopic (exact) mass is 367 g/mol. The quantitative estimate of drug-likeness (QED) is 0.717. The van der Waals surface area contributed by atoms with E-state index >= 15 is 0 Å². The van der Waals surface area contributed by atoms with Crippen LogP contribution in [0.5, 0.6) is 11.5 Å². The van der Waals surface area contributed by atoms with Gasteiger partial charge in [-0.2, -0.15) is 14.6 Å². The van der Waals surface area contributed by atoms with Crippen molar-refractivity contribution in [2.45, 2.75) is 25.5 Å². The number of benzene rings is 1. The van der Waals surface area contributed by atoms with Gasteiger partial charge in [0.05, 0.1) is 18.3 Å². The Hall–Kier alpha value is -2.87. The summed E-state index contributed by atoms with van der Waals surface area (Å²) in [6.07, 6.45) is 3.91. The van der Waals surface area contributed by atoms with Crippen LogP contribution in [-0.4, -0.2) is 39.9 Å². The number of anilines is 1. The molecule has 1 fully saturated rings. The lowest BCUT2D eigenvalue weighted by molar-refractivity contribution is 0.171. The Morgan fingerprint density at radius 1 is 1.22 bits per heavy atom. The summed E-state index contributed by atoms with van der Waals surface area (Å²) in [5, 5.41) is 7.97. The molecule has 1 unspecified atom stereocenters. The van der Waals surface area contributed by atoms with Crippen molar-refractivity contribution in [1.29, 1.82) is 0 Å². The van der Waals surface area contributed by atoms with Crippen molar-refractivity contribution < 1.29 is 14.2 Å². The van der Waals surface area contributed by atoms with Crippen molar-refractivity contribution in [2.75, 3.05) is 25.6 Å². The fourth-order valence-electron chi connectivity index (χ4n) is 3.50. The third-order valence-electron chi connectivity index (χ3n) is 4.92. The summed E-state index contributed by atoms with van der Waals surface area (Å²) in [5.41, 5.74) is 2.00. The summed E-state index contributed by atoms with van der Waals surface area (Å²) in [6, 6.07) is 8.32. The fraction of sp³-hybridized carbons (Fsp3) is 0.421. The van der Waals surface area contributed by atoms with Gasteiger partial charge in [-0.3, -0.25) is 0 Å². The first-order chi connectivity index (χ1) is 13.3. The number of aromatic nitrogens is 4. The lowest BCUT2D eigenvalue weighted by Gasteiger charge is -2.24. The molecule has 3 heterocycles. The highest BCUT2D eigenvalue weighted by atomic mass is 16.6. The zero-order valence-corrected chi connectivity index (χ0v) is 15.1. The van der Waals surface area contributed by atoms with Gasteiger partial charge in [0.15, 0.2) is 11.5 Å². The number of hydrogen-bond acceptors (Lipinski definition) is 7. The van der Waals surface area contributed by atoms with Gasteiger partial charge in [-0.25, -0.2) is 4.98 Å². The molecule has 1 aromatic carbocycles. The number of hydrogen-bond donors (Lipinski definition) is 1. The van der Waals surface area contributed by atoms with Crippen LogP contribution in [0.3, 0.4) is 0 Å². The van der Waals surface area contributed by atoms with Crippen LogP contribution in [0.2, 0.25) is 0 Å². The van der Waals surface area contributed by atoms with Gasteiger partial charge in [0.25, 0.3) is 5.78 Å². The summed E-state index contributed by atoms with van der Waals surface area (Å²) < 4.78 is 18.4. The smallest absolute Gasteiger partial charge is 0.254 e. The highest BCUT2D eigenvalue weighted by Crippen LogP contribution is 2.44. The van der Waals surface area contributed by atoms with Gasteiger partial charge < -0.3 is 19.5 Å². The zero-order chi connectivity index (χ0) is 18.2. The van der Waals surface area contributed by atoms with Gasteiger partial charge in [0, 0.05) is 13.2 Å². The average molecular weight is 367 g/mol. The largest absolute Gasteiger partial charge is 0.486 e. The summed E-state index contributed by atoms with van der Waals surface area (Å²) in [5.74, 6) is 3.61. The van der Waals surface area contributed by atoms with E-state index in [1.807, 2.05) is 12.1 Å². The average Bonchev–Trinajstić information content (AvgIpc) is 3.42. The molecule has 0 spiro atoms.